The van der Waals surface area contributed by atoms with Crippen molar-refractivity contribution in [3.63, 3.8) is 0 Å². The van der Waals surface area contributed by atoms with Gasteiger partial charge in [-0.2, -0.15) is 4.39 Å². The van der Waals surface area contributed by atoms with E-state index in [1.807, 2.05) is 12.1 Å². The zero-order valence-electron chi connectivity index (χ0n) is 25.3. The number of aromatic nitrogens is 1. The van der Waals surface area contributed by atoms with Crippen molar-refractivity contribution in [2.45, 2.75) is 22.4 Å². The summed E-state index contributed by atoms with van der Waals surface area (Å²) in [5, 5.41) is 2.84. The van der Waals surface area contributed by atoms with Gasteiger partial charge in [0.25, 0.3) is 15.8 Å². The summed E-state index contributed by atoms with van der Waals surface area (Å²) in [4.78, 5) is 57.8. The Labute approximate surface area is 278 Å². The predicted octanol–water partition coefficient (Wildman–Crippen LogP) is 2.90. The van der Waals surface area contributed by atoms with Gasteiger partial charge in [0.2, 0.25) is 11.8 Å². The van der Waals surface area contributed by atoms with E-state index in [1.165, 1.54) is 75.7 Å². The maximum atomic E-state index is 14.1. The summed E-state index contributed by atoms with van der Waals surface area (Å²) < 4.78 is 34.0. The largest absolute Gasteiger partial charge is 0.497 e. The molecule has 2 unspecified atom stereocenters. The molecule has 0 spiro atoms. The van der Waals surface area contributed by atoms with E-state index in [4.69, 9.17) is 18.9 Å². The minimum absolute atomic E-state index is 0.0473. The Morgan fingerprint density at radius 3 is 2.33 bits per heavy atom. The number of methoxy groups -OCH3 is 2. The maximum absolute atomic E-state index is 14.1. The highest BCUT2D eigenvalue weighted by atomic mass is 127. The first-order chi connectivity index (χ1) is 22.2. The zero-order valence-corrected chi connectivity index (χ0v) is 27.4. The number of ether oxygens (including phenoxy) is 4. The number of alkyl halides is 2. The highest BCUT2D eigenvalue weighted by Gasteiger charge is 2.44. The second kappa shape index (κ2) is 15.0. The van der Waals surface area contributed by atoms with Gasteiger partial charge >= 0.3 is 0 Å². The van der Waals surface area contributed by atoms with Gasteiger partial charge in [-0.3, -0.25) is 23.7 Å². The number of hydrogen-bond donors (Lipinski definition) is 1. The van der Waals surface area contributed by atoms with E-state index in [2.05, 4.69) is 5.32 Å². The van der Waals surface area contributed by atoms with Crippen LogP contribution in [0.4, 0.5) is 10.1 Å². The highest BCUT2D eigenvalue weighted by Crippen LogP contribution is 2.33. The molecule has 3 amide bonds. The number of rotatable bonds is 11. The number of morpholine rings is 1. The zero-order chi connectivity index (χ0) is 32.8. The van der Waals surface area contributed by atoms with E-state index < -0.39 is 39.7 Å². The third-order valence-electron chi connectivity index (χ3n) is 8.00. The fourth-order valence-electron chi connectivity index (χ4n) is 5.64. The number of anilines is 1. The number of halogens is 2. The number of nitrogens with one attached hydrogen (secondary N) is 1. The molecule has 0 aliphatic carbocycles. The van der Waals surface area contributed by atoms with Gasteiger partial charge in [0.1, 0.15) is 29.3 Å². The quantitative estimate of drug-likeness (QED) is 0.235. The third kappa shape index (κ3) is 7.34. The molecule has 3 aromatic rings. The van der Waals surface area contributed by atoms with E-state index >= 15 is 0 Å². The lowest BCUT2D eigenvalue weighted by atomic mass is 9.93. The molecule has 14 heteroatoms. The molecule has 0 radical (unpaired) electrons. The van der Waals surface area contributed by atoms with Gasteiger partial charge in [0.15, 0.2) is 0 Å². The molecule has 12 nitrogen and oxygen atoms in total. The van der Waals surface area contributed by atoms with Crippen LogP contribution >= 0.6 is 22.6 Å². The molecule has 2 aliphatic heterocycles. The number of carbonyl (C=O) groups is 3. The molecule has 5 rings (SSSR count). The molecule has 2 aliphatic rings. The molecule has 244 valence electrons. The van der Waals surface area contributed by atoms with Gasteiger partial charge in [-0.15, -0.1) is 0 Å². The Hall–Kier alpha value is -4.02. The lowest BCUT2D eigenvalue weighted by molar-refractivity contribution is -0.140. The third-order valence-corrected chi connectivity index (χ3v) is 8.25. The van der Waals surface area contributed by atoms with Crippen LogP contribution < -0.4 is 25.2 Å². The lowest BCUT2D eigenvalue weighted by Crippen LogP contribution is -2.48. The molecule has 1 N–H and O–H groups in total. The van der Waals surface area contributed by atoms with Gasteiger partial charge in [0, 0.05) is 67.0 Å². The van der Waals surface area contributed by atoms with Crippen LogP contribution in [-0.4, -0.2) is 91.3 Å². The smallest absolute Gasteiger partial charge is 0.288 e. The first kappa shape index (κ1) is 33.3. The summed E-state index contributed by atoms with van der Waals surface area (Å²) in [6.07, 6.45) is 1.51. The Morgan fingerprint density at radius 1 is 1.02 bits per heavy atom. The van der Waals surface area contributed by atoms with Crippen LogP contribution in [0.5, 0.6) is 11.5 Å². The summed E-state index contributed by atoms with van der Waals surface area (Å²) in [7, 11) is 3.00. The van der Waals surface area contributed by atoms with Gasteiger partial charge < -0.3 is 34.1 Å². The summed E-state index contributed by atoms with van der Waals surface area (Å²) in [6, 6.07) is 14.2. The molecule has 1 aromatic heterocycles. The molecule has 2 saturated heterocycles. The van der Waals surface area contributed by atoms with E-state index in [-0.39, 0.29) is 36.1 Å². The van der Waals surface area contributed by atoms with Crippen LogP contribution in [0.25, 0.3) is 0 Å². The minimum Gasteiger partial charge on any atom is -0.497 e. The second-order valence-electron chi connectivity index (χ2n) is 10.7. The lowest BCUT2D eigenvalue weighted by Gasteiger charge is -2.31. The van der Waals surface area contributed by atoms with Gasteiger partial charge in [0.05, 0.1) is 26.9 Å². The van der Waals surface area contributed by atoms with Crippen molar-refractivity contribution < 1.29 is 37.7 Å². The number of pyridine rings is 1. The normalized spacial score (nSPS) is 19.4. The molecule has 0 saturated carbocycles. The SMILES string of the molecule is COCC(C(=O)N1CCOCC1)n1cccc(N2C[C@@H](c3ccc(OC)cc3)[C@H](NC(=O)c3ccc(OC(F)I)cc3)C2=O)c1=O. The van der Waals surface area contributed by atoms with E-state index in [0.29, 0.717) is 32.1 Å². The van der Waals surface area contributed by atoms with E-state index in [1.54, 1.807) is 30.2 Å². The Bertz CT molecular complexity index is 1590. The molecule has 2 fully saturated rings. The highest BCUT2D eigenvalue weighted by molar-refractivity contribution is 14.1. The number of nitrogens with zero attached hydrogens (tertiary/aromatic N) is 3. The van der Waals surface area contributed by atoms with Crippen LogP contribution in [0.2, 0.25) is 0 Å². The number of amides is 3. The van der Waals surface area contributed by atoms with Crippen molar-refractivity contribution in [2.75, 3.05) is 58.6 Å². The topological polar surface area (TPSA) is 129 Å². The van der Waals surface area contributed by atoms with Crippen LogP contribution in [0.3, 0.4) is 0 Å². The van der Waals surface area contributed by atoms with Crippen molar-refractivity contribution in [2.24, 2.45) is 0 Å². The average molecular weight is 749 g/mol. The monoisotopic (exact) mass is 748 g/mol. The van der Waals surface area contributed by atoms with Crippen molar-refractivity contribution in [1.29, 1.82) is 0 Å². The molecular weight excluding hydrogens is 714 g/mol. The van der Waals surface area contributed by atoms with E-state index in [9.17, 15) is 23.6 Å². The summed E-state index contributed by atoms with van der Waals surface area (Å²) >= 11 is 1.48. The molecule has 4 atom stereocenters. The first-order valence-electron chi connectivity index (χ1n) is 14.6. The molecule has 0 bridgehead atoms. The molecule has 3 heterocycles. The fraction of sp³-hybridized carbons (Fsp3) is 0.375. The predicted molar refractivity (Wildman–Crippen MR) is 174 cm³/mol. The standard InChI is InChI=1S/C32H34FIN4O8/c1-43-19-26(29(40)36-14-16-45-17-15-36)37-13-3-4-25(30(37)41)38-18-24(20-5-9-22(44-2)10-6-20)27(31(38)42)35-28(39)21-7-11-23(12-8-21)46-32(33)34/h3-13,24,26-27,32H,14-19H2,1-2H3,(H,35,39)/t24-,26?,27-,32?/m0/s1. The maximum Gasteiger partial charge on any atom is 0.288 e. The average Bonchev–Trinajstić information content (AvgIpc) is 3.39. The van der Waals surface area contributed by atoms with Gasteiger partial charge in [-0.1, -0.05) is 12.1 Å². The summed E-state index contributed by atoms with van der Waals surface area (Å²) in [6.45, 7) is 1.63. The van der Waals surface area contributed by atoms with Crippen LogP contribution in [0.1, 0.15) is 27.9 Å². The summed E-state index contributed by atoms with van der Waals surface area (Å²) in [5.74, 6) is -0.966. The second-order valence-corrected chi connectivity index (χ2v) is 11.7. The molecule has 46 heavy (non-hydrogen) atoms. The first-order valence-corrected chi connectivity index (χ1v) is 15.8. The van der Waals surface area contributed by atoms with E-state index in [0.717, 1.165) is 5.56 Å². The van der Waals surface area contributed by atoms with Crippen LogP contribution in [0, 0.1) is 0 Å². The number of hydrogen-bond acceptors (Lipinski definition) is 8. The Balaban J connectivity index is 1.46. The van der Waals surface area contributed by atoms with Crippen molar-refractivity contribution in [3.05, 3.63) is 88.3 Å². The minimum atomic E-state index is -1.55. The van der Waals surface area contributed by atoms with Crippen molar-refractivity contribution >= 4 is 46.0 Å². The van der Waals surface area contributed by atoms with Crippen LogP contribution in [-0.2, 0) is 19.1 Å². The molecule has 2 aromatic carbocycles. The van der Waals surface area contributed by atoms with Crippen LogP contribution in [0.15, 0.2) is 71.7 Å². The fourth-order valence-corrected chi connectivity index (χ4v) is 5.94. The van der Waals surface area contributed by atoms with Gasteiger partial charge in [-0.25, -0.2) is 0 Å². The molecular formula is C32H34FIN4O8. The number of benzene rings is 2. The summed E-state index contributed by atoms with van der Waals surface area (Å²) in [5.41, 5.74) is 0.511. The Morgan fingerprint density at radius 2 is 1.70 bits per heavy atom. The number of carbonyl (C=O) groups excluding carboxylic acids is 3. The Kier molecular flexibility index (Phi) is 10.9. The van der Waals surface area contributed by atoms with Gasteiger partial charge in [-0.05, 0) is 54.1 Å². The van der Waals surface area contributed by atoms with Crippen molar-refractivity contribution in [1.82, 2.24) is 14.8 Å². The van der Waals surface area contributed by atoms with Crippen molar-refractivity contribution in [3.8, 4) is 11.5 Å².